The van der Waals surface area contributed by atoms with Crippen molar-refractivity contribution in [3.05, 3.63) is 112 Å². The minimum Gasteiger partial charge on any atom is -0.361 e. The highest BCUT2D eigenvalue weighted by atomic mass is 32.2. The van der Waals surface area contributed by atoms with Gasteiger partial charge in [0.05, 0.1) is 10.5 Å². The summed E-state index contributed by atoms with van der Waals surface area (Å²) < 4.78 is 68.4. The van der Waals surface area contributed by atoms with Crippen molar-refractivity contribution in [1.29, 1.82) is 0 Å². The zero-order chi connectivity index (χ0) is 26.2. The summed E-state index contributed by atoms with van der Waals surface area (Å²) in [4.78, 5) is 17.3. The fraction of sp³-hybridized carbons (Fsp3) is 0.148. The van der Waals surface area contributed by atoms with Gasteiger partial charge in [-0.3, -0.25) is 4.79 Å². The second kappa shape index (κ2) is 9.53. The number of hydrogen-bond acceptors (Lipinski definition) is 3. The van der Waals surface area contributed by atoms with E-state index in [1.165, 1.54) is 24.3 Å². The lowest BCUT2D eigenvalue weighted by atomic mass is 10.0. The van der Waals surface area contributed by atoms with E-state index in [4.69, 9.17) is 0 Å². The molecule has 2 heterocycles. The normalized spacial score (nSPS) is 12.4. The van der Waals surface area contributed by atoms with Crippen molar-refractivity contribution >= 4 is 31.8 Å². The molecule has 0 amide bonds. The molecule has 3 aromatic carbocycles. The third-order valence-corrected chi connectivity index (χ3v) is 7.69. The van der Waals surface area contributed by atoms with Crippen LogP contribution < -0.4 is 10.3 Å². The van der Waals surface area contributed by atoms with Crippen molar-refractivity contribution in [1.82, 2.24) is 14.7 Å². The van der Waals surface area contributed by atoms with Crippen LogP contribution >= 0.6 is 0 Å². The Labute approximate surface area is 210 Å². The van der Waals surface area contributed by atoms with Gasteiger partial charge in [0.25, 0.3) is 0 Å². The van der Waals surface area contributed by atoms with Gasteiger partial charge in [-0.15, -0.1) is 0 Å². The minimum absolute atomic E-state index is 0.0943. The minimum atomic E-state index is -4.66. The molecule has 5 rings (SSSR count). The van der Waals surface area contributed by atoms with Crippen LogP contribution in [0, 0.1) is 0 Å². The quantitative estimate of drug-likeness (QED) is 0.275. The zero-order valence-electron chi connectivity index (χ0n) is 19.4. The maximum Gasteiger partial charge on any atom is 0.417 e. The maximum absolute atomic E-state index is 13.4. The lowest BCUT2D eigenvalue weighted by Gasteiger charge is -2.12. The number of sulfonamides is 1. The van der Waals surface area contributed by atoms with E-state index in [0.29, 0.717) is 24.5 Å². The number of para-hydroxylation sites is 1. The van der Waals surface area contributed by atoms with Crippen LogP contribution in [0.4, 0.5) is 13.2 Å². The Bertz CT molecular complexity index is 1760. The molecule has 10 heteroatoms. The molecule has 0 aliphatic carbocycles. The van der Waals surface area contributed by atoms with Gasteiger partial charge in [-0.2, -0.15) is 13.2 Å². The molecule has 0 aliphatic heterocycles. The average molecular weight is 526 g/mol. The summed E-state index contributed by atoms with van der Waals surface area (Å²) >= 11 is 0. The Hall–Kier alpha value is -3.89. The van der Waals surface area contributed by atoms with Crippen molar-refractivity contribution in [3.8, 4) is 0 Å². The largest absolute Gasteiger partial charge is 0.417 e. The predicted molar refractivity (Wildman–Crippen MR) is 136 cm³/mol. The maximum atomic E-state index is 13.4. The van der Waals surface area contributed by atoms with Crippen LogP contribution in [0.5, 0.6) is 0 Å². The Morgan fingerprint density at radius 3 is 2.32 bits per heavy atom. The highest BCUT2D eigenvalue weighted by molar-refractivity contribution is 7.89. The molecular formula is C27H22F3N3O3S. The molecule has 0 saturated carbocycles. The molecule has 0 saturated heterocycles. The SMILES string of the molecule is O=c1cc(C(F)(F)F)c2cc(Cc3ccc(S(=O)(=O)NCCc4c[nH]c5ccccc45)cc3)ccc2[nH]1. The number of hydrogen-bond donors (Lipinski definition) is 3. The molecule has 0 aliphatic rings. The lowest BCUT2D eigenvalue weighted by molar-refractivity contribution is -0.136. The number of pyridine rings is 1. The fourth-order valence-electron chi connectivity index (χ4n) is 4.41. The third kappa shape index (κ3) is 5.30. The highest BCUT2D eigenvalue weighted by Crippen LogP contribution is 2.33. The summed E-state index contributed by atoms with van der Waals surface area (Å²) in [5, 5.41) is 0.955. The van der Waals surface area contributed by atoms with Gasteiger partial charge in [-0.05, 0) is 59.9 Å². The molecule has 0 fully saturated rings. The number of H-pyrrole nitrogens is 2. The first-order valence-electron chi connectivity index (χ1n) is 11.5. The first-order chi connectivity index (χ1) is 17.6. The van der Waals surface area contributed by atoms with E-state index in [9.17, 15) is 26.4 Å². The Morgan fingerprint density at radius 1 is 0.838 bits per heavy atom. The average Bonchev–Trinajstić information content (AvgIpc) is 3.26. The second-order valence-corrected chi connectivity index (χ2v) is 10.5. The Balaban J connectivity index is 1.29. The first kappa shape index (κ1) is 24.8. The number of rotatable bonds is 7. The zero-order valence-corrected chi connectivity index (χ0v) is 20.2. The van der Waals surface area contributed by atoms with Gasteiger partial charge < -0.3 is 9.97 Å². The van der Waals surface area contributed by atoms with E-state index in [-0.39, 0.29) is 22.3 Å². The summed E-state index contributed by atoms with van der Waals surface area (Å²) in [5.41, 5.74) is 1.62. The second-order valence-electron chi connectivity index (χ2n) is 8.75. The number of benzene rings is 3. The number of aromatic amines is 2. The van der Waals surface area contributed by atoms with Gasteiger partial charge in [0.1, 0.15) is 0 Å². The van der Waals surface area contributed by atoms with E-state index in [2.05, 4.69) is 14.7 Å². The first-order valence-corrected chi connectivity index (χ1v) is 13.0. The number of halogens is 3. The van der Waals surface area contributed by atoms with Gasteiger partial charge >= 0.3 is 6.18 Å². The van der Waals surface area contributed by atoms with Crippen LogP contribution in [0.25, 0.3) is 21.8 Å². The van der Waals surface area contributed by atoms with Crippen LogP contribution in [0.1, 0.15) is 22.3 Å². The summed E-state index contributed by atoms with van der Waals surface area (Å²) in [7, 11) is -3.73. The van der Waals surface area contributed by atoms with E-state index < -0.39 is 27.3 Å². The molecule has 6 nitrogen and oxygen atoms in total. The molecule has 0 unspecified atom stereocenters. The summed E-state index contributed by atoms with van der Waals surface area (Å²) in [5.74, 6) is 0. The van der Waals surface area contributed by atoms with Crippen molar-refractivity contribution in [2.75, 3.05) is 6.54 Å². The van der Waals surface area contributed by atoms with Crippen LogP contribution in [0.2, 0.25) is 0 Å². The molecule has 0 atom stereocenters. The van der Waals surface area contributed by atoms with Crippen LogP contribution in [-0.2, 0) is 29.0 Å². The van der Waals surface area contributed by atoms with Crippen molar-refractivity contribution in [3.63, 3.8) is 0 Å². The summed E-state index contributed by atoms with van der Waals surface area (Å²) in [6, 6.07) is 19.0. The summed E-state index contributed by atoms with van der Waals surface area (Å²) in [6.07, 6.45) is -1.98. The molecule has 3 N–H and O–H groups in total. The topological polar surface area (TPSA) is 94.8 Å². The Kier molecular flexibility index (Phi) is 6.38. The van der Waals surface area contributed by atoms with E-state index >= 15 is 0 Å². The number of nitrogens with one attached hydrogen (secondary N) is 3. The number of aromatic nitrogens is 2. The van der Waals surface area contributed by atoms with Crippen LogP contribution in [0.3, 0.4) is 0 Å². The molecule has 0 bridgehead atoms. The molecule has 0 spiro atoms. The lowest BCUT2D eigenvalue weighted by Crippen LogP contribution is -2.25. The van der Waals surface area contributed by atoms with Crippen molar-refractivity contribution in [2.45, 2.75) is 23.9 Å². The highest BCUT2D eigenvalue weighted by Gasteiger charge is 2.33. The summed E-state index contributed by atoms with van der Waals surface area (Å²) in [6.45, 7) is 0.229. The van der Waals surface area contributed by atoms with Crippen LogP contribution in [-0.4, -0.2) is 24.9 Å². The van der Waals surface area contributed by atoms with Gasteiger partial charge in [0.2, 0.25) is 15.6 Å². The standard InChI is InChI=1S/C27H22F3N3O3S/c28-27(29,30)23-15-26(34)33-25-10-7-18(14-22(23)25)13-17-5-8-20(9-6-17)37(35,36)32-12-11-19-16-31-24-4-2-1-3-21(19)24/h1-10,14-16,31-32H,11-13H2,(H,33,34). The fourth-order valence-corrected chi connectivity index (χ4v) is 5.44. The van der Waals surface area contributed by atoms with Crippen molar-refractivity contribution in [2.24, 2.45) is 0 Å². The van der Waals surface area contributed by atoms with Gasteiger partial charge in [-0.1, -0.05) is 36.4 Å². The number of fused-ring (bicyclic) bond motifs is 2. The third-order valence-electron chi connectivity index (χ3n) is 6.22. The number of alkyl halides is 3. The van der Waals surface area contributed by atoms with E-state index in [1.807, 2.05) is 30.5 Å². The smallest absolute Gasteiger partial charge is 0.361 e. The molecule has 37 heavy (non-hydrogen) atoms. The molecule has 2 aromatic heterocycles. The van der Waals surface area contributed by atoms with Gasteiger partial charge in [-0.25, -0.2) is 13.1 Å². The van der Waals surface area contributed by atoms with Crippen molar-refractivity contribution < 1.29 is 21.6 Å². The van der Waals surface area contributed by atoms with Gasteiger partial charge in [0.15, 0.2) is 0 Å². The molecule has 190 valence electrons. The van der Waals surface area contributed by atoms with E-state index in [1.54, 1.807) is 18.2 Å². The molecule has 5 aromatic rings. The van der Waals surface area contributed by atoms with E-state index in [0.717, 1.165) is 22.0 Å². The Morgan fingerprint density at radius 2 is 1.57 bits per heavy atom. The predicted octanol–water partition coefficient (Wildman–Crippen LogP) is 5.14. The van der Waals surface area contributed by atoms with Gasteiger partial charge in [0, 0.05) is 40.6 Å². The monoisotopic (exact) mass is 525 g/mol. The van der Waals surface area contributed by atoms with Crippen LogP contribution in [0.15, 0.2) is 88.7 Å². The molecule has 0 radical (unpaired) electrons. The molecular weight excluding hydrogens is 503 g/mol.